The number of hydrogen-bond donors (Lipinski definition) is 1. The Morgan fingerprint density at radius 2 is 1.83 bits per heavy atom. The molecule has 0 aliphatic carbocycles. The third-order valence-corrected chi connectivity index (χ3v) is 3.94. The monoisotopic (exact) mass is 307 g/mol. The van der Waals surface area contributed by atoms with Crippen molar-refractivity contribution in [3.63, 3.8) is 0 Å². The summed E-state index contributed by atoms with van der Waals surface area (Å²) < 4.78 is 5.19. The predicted molar refractivity (Wildman–Crippen MR) is 94.1 cm³/mol. The van der Waals surface area contributed by atoms with E-state index in [1.165, 1.54) is 0 Å². The summed E-state index contributed by atoms with van der Waals surface area (Å²) in [5.41, 5.74) is 3.90. The number of methoxy groups -OCH3 is 1. The number of fused-ring (bicyclic) bond motifs is 1. The average molecular weight is 307 g/mol. The smallest absolute Gasteiger partial charge is 0.163 e. The van der Waals surface area contributed by atoms with Crippen molar-refractivity contribution in [1.29, 1.82) is 0 Å². The van der Waals surface area contributed by atoms with Crippen LogP contribution in [0.15, 0.2) is 48.5 Å². The average Bonchev–Trinajstić information content (AvgIpc) is 2.97. The maximum Gasteiger partial charge on any atom is 0.163 e. The third-order valence-electron chi connectivity index (χ3n) is 3.94. The predicted octanol–water partition coefficient (Wildman–Crippen LogP) is 5.07. The second-order valence-corrected chi connectivity index (χ2v) is 6.23. The highest BCUT2D eigenvalue weighted by atomic mass is 16.5. The van der Waals surface area contributed by atoms with Crippen molar-refractivity contribution in [3.8, 4) is 17.0 Å². The lowest BCUT2D eigenvalue weighted by Gasteiger charge is -2.04. The van der Waals surface area contributed by atoms with Crippen molar-refractivity contribution >= 4 is 16.7 Å². The van der Waals surface area contributed by atoms with Crippen molar-refractivity contribution in [2.24, 2.45) is 5.92 Å². The van der Waals surface area contributed by atoms with Gasteiger partial charge in [-0.2, -0.15) is 0 Å². The molecule has 3 aromatic rings. The van der Waals surface area contributed by atoms with E-state index in [4.69, 9.17) is 4.74 Å². The summed E-state index contributed by atoms with van der Waals surface area (Å²) in [6.45, 7) is 4.12. The normalized spacial score (nSPS) is 11.1. The molecule has 0 saturated carbocycles. The molecule has 1 aromatic heterocycles. The fourth-order valence-electron chi connectivity index (χ4n) is 2.72. The van der Waals surface area contributed by atoms with E-state index in [1.807, 2.05) is 42.5 Å². The number of carbonyl (C=O) groups is 1. The lowest BCUT2D eigenvalue weighted by atomic mass is 10.0. The van der Waals surface area contributed by atoms with Crippen LogP contribution in [0.2, 0.25) is 0 Å². The van der Waals surface area contributed by atoms with Gasteiger partial charge in [-0.1, -0.05) is 26.0 Å². The van der Waals surface area contributed by atoms with E-state index in [0.29, 0.717) is 12.3 Å². The van der Waals surface area contributed by atoms with E-state index >= 15 is 0 Å². The first-order valence-electron chi connectivity index (χ1n) is 7.87. The minimum atomic E-state index is 0.197. The summed E-state index contributed by atoms with van der Waals surface area (Å²) in [4.78, 5) is 15.6. The number of aromatic amines is 1. The SMILES string of the molecule is COc1ccc(-c2cc3ccc(C(=O)CC(C)C)cc3[nH]2)cc1. The van der Waals surface area contributed by atoms with Gasteiger partial charge in [0.15, 0.2) is 5.78 Å². The minimum Gasteiger partial charge on any atom is -0.497 e. The number of hydrogen-bond acceptors (Lipinski definition) is 2. The Morgan fingerprint density at radius 1 is 1.09 bits per heavy atom. The van der Waals surface area contributed by atoms with Crippen molar-refractivity contribution < 1.29 is 9.53 Å². The van der Waals surface area contributed by atoms with E-state index in [0.717, 1.165) is 33.5 Å². The molecule has 0 saturated heterocycles. The Bertz CT molecular complexity index is 828. The highest BCUT2D eigenvalue weighted by Crippen LogP contribution is 2.26. The minimum absolute atomic E-state index is 0.197. The summed E-state index contributed by atoms with van der Waals surface area (Å²) in [5, 5.41) is 1.11. The van der Waals surface area contributed by atoms with E-state index in [1.54, 1.807) is 7.11 Å². The molecular formula is C20H21NO2. The molecule has 0 bridgehead atoms. The molecule has 3 rings (SSSR count). The molecule has 1 N–H and O–H groups in total. The van der Waals surface area contributed by atoms with Crippen molar-refractivity contribution in [3.05, 3.63) is 54.1 Å². The number of aromatic nitrogens is 1. The topological polar surface area (TPSA) is 42.1 Å². The molecule has 0 aliphatic heterocycles. The van der Waals surface area contributed by atoms with Gasteiger partial charge in [-0.25, -0.2) is 0 Å². The van der Waals surface area contributed by atoms with Gasteiger partial charge >= 0.3 is 0 Å². The summed E-state index contributed by atoms with van der Waals surface area (Å²) in [7, 11) is 1.66. The summed E-state index contributed by atoms with van der Waals surface area (Å²) in [6, 6.07) is 15.9. The van der Waals surface area contributed by atoms with Crippen LogP contribution < -0.4 is 4.74 Å². The Labute approximate surface area is 136 Å². The maximum absolute atomic E-state index is 12.2. The van der Waals surface area contributed by atoms with Gasteiger partial charge in [0.05, 0.1) is 7.11 Å². The molecule has 0 atom stereocenters. The molecule has 0 radical (unpaired) electrons. The van der Waals surface area contributed by atoms with Crippen LogP contribution >= 0.6 is 0 Å². The maximum atomic E-state index is 12.2. The highest BCUT2D eigenvalue weighted by Gasteiger charge is 2.10. The zero-order valence-electron chi connectivity index (χ0n) is 13.7. The lowest BCUT2D eigenvalue weighted by Crippen LogP contribution is -2.03. The van der Waals surface area contributed by atoms with Crippen molar-refractivity contribution in [2.75, 3.05) is 7.11 Å². The van der Waals surface area contributed by atoms with Crippen LogP contribution in [-0.2, 0) is 0 Å². The lowest BCUT2D eigenvalue weighted by molar-refractivity contribution is 0.0968. The van der Waals surface area contributed by atoms with Crippen LogP contribution in [0.3, 0.4) is 0 Å². The van der Waals surface area contributed by atoms with Crippen LogP contribution in [0.4, 0.5) is 0 Å². The molecule has 0 spiro atoms. The van der Waals surface area contributed by atoms with E-state index in [2.05, 4.69) is 24.9 Å². The first kappa shape index (κ1) is 15.3. The molecular weight excluding hydrogens is 286 g/mol. The van der Waals surface area contributed by atoms with Crippen molar-refractivity contribution in [2.45, 2.75) is 20.3 Å². The van der Waals surface area contributed by atoms with E-state index in [9.17, 15) is 4.79 Å². The zero-order chi connectivity index (χ0) is 16.4. The Hall–Kier alpha value is -2.55. The summed E-state index contributed by atoms with van der Waals surface area (Å²) in [6.07, 6.45) is 0.581. The molecule has 3 nitrogen and oxygen atoms in total. The molecule has 0 aliphatic rings. The van der Waals surface area contributed by atoms with Gasteiger partial charge in [-0.3, -0.25) is 4.79 Å². The van der Waals surface area contributed by atoms with E-state index < -0.39 is 0 Å². The number of H-pyrrole nitrogens is 1. The molecule has 0 amide bonds. The van der Waals surface area contributed by atoms with Gasteiger partial charge in [0.1, 0.15) is 5.75 Å². The number of rotatable bonds is 5. The third kappa shape index (κ3) is 3.29. The molecule has 1 heterocycles. The second kappa shape index (κ2) is 6.29. The number of ketones is 1. The van der Waals surface area contributed by atoms with Gasteiger partial charge in [0.25, 0.3) is 0 Å². The number of nitrogens with one attached hydrogen (secondary N) is 1. The molecule has 118 valence electrons. The van der Waals surface area contributed by atoms with Crippen molar-refractivity contribution in [1.82, 2.24) is 4.98 Å². The molecule has 3 heteroatoms. The molecule has 2 aromatic carbocycles. The number of ether oxygens (including phenoxy) is 1. The Balaban J connectivity index is 1.93. The van der Waals surface area contributed by atoms with Gasteiger partial charge in [-0.05, 0) is 47.9 Å². The van der Waals surface area contributed by atoms with Gasteiger partial charge in [-0.15, -0.1) is 0 Å². The summed E-state index contributed by atoms with van der Waals surface area (Å²) in [5.74, 6) is 1.41. The Morgan fingerprint density at radius 3 is 2.48 bits per heavy atom. The number of carbonyl (C=O) groups excluding carboxylic acids is 1. The zero-order valence-corrected chi connectivity index (χ0v) is 13.7. The number of Topliss-reactive ketones (excluding diaryl/α,β-unsaturated/α-hetero) is 1. The standard InChI is InChI=1S/C20H21NO2/c1-13(2)10-20(22)16-5-4-15-11-18(21-19(15)12-16)14-6-8-17(23-3)9-7-14/h4-9,11-13,21H,10H2,1-3H3. The van der Waals surface area contributed by atoms with Crippen LogP contribution in [-0.4, -0.2) is 17.9 Å². The fraction of sp³-hybridized carbons (Fsp3) is 0.250. The number of benzene rings is 2. The van der Waals surface area contributed by atoms with Crippen LogP contribution in [0.5, 0.6) is 5.75 Å². The Kier molecular flexibility index (Phi) is 4.20. The van der Waals surface area contributed by atoms with E-state index in [-0.39, 0.29) is 5.78 Å². The van der Waals surface area contributed by atoms with Gasteiger partial charge in [0, 0.05) is 28.6 Å². The van der Waals surface area contributed by atoms with Gasteiger partial charge in [0.2, 0.25) is 0 Å². The first-order valence-corrected chi connectivity index (χ1v) is 7.87. The van der Waals surface area contributed by atoms with Crippen LogP contribution in [0, 0.1) is 5.92 Å². The summed E-state index contributed by atoms with van der Waals surface area (Å²) >= 11 is 0. The van der Waals surface area contributed by atoms with Crippen LogP contribution in [0.25, 0.3) is 22.2 Å². The van der Waals surface area contributed by atoms with Gasteiger partial charge < -0.3 is 9.72 Å². The fourth-order valence-corrected chi connectivity index (χ4v) is 2.72. The first-order chi connectivity index (χ1) is 11.1. The van der Waals surface area contributed by atoms with Crippen LogP contribution in [0.1, 0.15) is 30.6 Å². The quantitative estimate of drug-likeness (QED) is 0.668. The largest absolute Gasteiger partial charge is 0.497 e. The second-order valence-electron chi connectivity index (χ2n) is 6.23. The molecule has 0 fully saturated rings. The highest BCUT2D eigenvalue weighted by molar-refractivity contribution is 6.00. The molecule has 0 unspecified atom stereocenters. The molecule has 23 heavy (non-hydrogen) atoms.